The number of halogens is 1. The molecule has 0 saturated carbocycles. The predicted octanol–water partition coefficient (Wildman–Crippen LogP) is 3.53. The molecule has 0 radical (unpaired) electrons. The fraction of sp³-hybridized carbons (Fsp3) is 0.286. The van der Waals surface area contributed by atoms with Crippen molar-refractivity contribution in [1.82, 2.24) is 0 Å². The van der Waals surface area contributed by atoms with Crippen LogP contribution in [0.4, 0.5) is 10.1 Å². The largest absolute Gasteiger partial charge is 0.369 e. The van der Waals surface area contributed by atoms with Crippen LogP contribution in [0.5, 0.6) is 0 Å². The maximum Gasteiger partial charge on any atom is 0.131 e. The second kappa shape index (κ2) is 4.57. The van der Waals surface area contributed by atoms with Crippen LogP contribution in [-0.2, 0) is 0 Å². The third-order valence-corrected chi connectivity index (χ3v) is 4.14. The van der Waals surface area contributed by atoms with Crippen LogP contribution >= 0.6 is 11.8 Å². The zero-order valence-corrected chi connectivity index (χ0v) is 10.3. The first kappa shape index (κ1) is 10.9. The molecule has 0 atom stereocenters. The Morgan fingerprint density at radius 1 is 0.941 bits per heavy atom. The van der Waals surface area contributed by atoms with E-state index in [1.807, 2.05) is 42.1 Å². The summed E-state index contributed by atoms with van der Waals surface area (Å²) >= 11 is 1.99. The summed E-state index contributed by atoms with van der Waals surface area (Å²) in [5, 5.41) is 1.75. The van der Waals surface area contributed by atoms with Crippen molar-refractivity contribution in [3.05, 3.63) is 42.2 Å². The molecule has 1 fully saturated rings. The molecule has 0 aromatic heterocycles. The first-order valence-electron chi connectivity index (χ1n) is 5.86. The van der Waals surface area contributed by atoms with Crippen molar-refractivity contribution in [3.8, 4) is 0 Å². The maximum absolute atomic E-state index is 13.7. The number of hydrogen-bond acceptors (Lipinski definition) is 2. The fourth-order valence-corrected chi connectivity index (χ4v) is 3.23. The summed E-state index contributed by atoms with van der Waals surface area (Å²) in [7, 11) is 0. The normalized spacial score (nSPS) is 16.4. The summed E-state index contributed by atoms with van der Waals surface area (Å²) in [6.45, 7) is 2.11. The van der Waals surface area contributed by atoms with E-state index in [1.165, 1.54) is 5.69 Å². The van der Waals surface area contributed by atoms with Crippen LogP contribution in [0.1, 0.15) is 0 Å². The number of thioether (sulfide) groups is 1. The van der Waals surface area contributed by atoms with Crippen LogP contribution in [0.3, 0.4) is 0 Å². The number of fused-ring (bicyclic) bond motifs is 1. The van der Waals surface area contributed by atoms with Crippen molar-refractivity contribution in [3.63, 3.8) is 0 Å². The summed E-state index contributed by atoms with van der Waals surface area (Å²) < 4.78 is 13.7. The average Bonchev–Trinajstić information content (AvgIpc) is 2.41. The highest BCUT2D eigenvalue weighted by atomic mass is 32.2. The Morgan fingerprint density at radius 2 is 1.65 bits per heavy atom. The molecular weight excluding hydrogens is 233 g/mol. The third-order valence-electron chi connectivity index (χ3n) is 3.20. The minimum atomic E-state index is -0.129. The van der Waals surface area contributed by atoms with Gasteiger partial charge in [0, 0.05) is 41.1 Å². The van der Waals surface area contributed by atoms with Crippen molar-refractivity contribution in [2.24, 2.45) is 0 Å². The van der Waals surface area contributed by atoms with Crippen LogP contribution in [0, 0.1) is 5.82 Å². The van der Waals surface area contributed by atoms with E-state index in [0.29, 0.717) is 0 Å². The highest BCUT2D eigenvalue weighted by Gasteiger charge is 2.14. The molecule has 2 aromatic rings. The second-order valence-electron chi connectivity index (χ2n) is 4.21. The maximum atomic E-state index is 13.7. The molecule has 0 aliphatic carbocycles. The van der Waals surface area contributed by atoms with Gasteiger partial charge in [0.2, 0.25) is 0 Å². The Kier molecular flexibility index (Phi) is 2.93. The van der Waals surface area contributed by atoms with Gasteiger partial charge in [0.25, 0.3) is 0 Å². The van der Waals surface area contributed by atoms with Crippen molar-refractivity contribution in [2.75, 3.05) is 29.5 Å². The minimum Gasteiger partial charge on any atom is -0.369 e. The number of hydrogen-bond donors (Lipinski definition) is 0. The molecule has 17 heavy (non-hydrogen) atoms. The van der Waals surface area contributed by atoms with E-state index in [0.717, 1.165) is 35.4 Å². The molecule has 3 rings (SSSR count). The van der Waals surface area contributed by atoms with Gasteiger partial charge in [0.15, 0.2) is 0 Å². The SMILES string of the molecule is Fc1ccc(N2CCSCC2)c2ccccc12. The predicted molar refractivity (Wildman–Crippen MR) is 73.4 cm³/mol. The van der Waals surface area contributed by atoms with E-state index in [1.54, 1.807) is 6.07 Å². The lowest BCUT2D eigenvalue weighted by Gasteiger charge is -2.29. The van der Waals surface area contributed by atoms with E-state index in [4.69, 9.17) is 0 Å². The summed E-state index contributed by atoms with van der Waals surface area (Å²) in [4.78, 5) is 2.36. The molecule has 0 bridgehead atoms. The van der Waals surface area contributed by atoms with E-state index in [2.05, 4.69) is 4.90 Å². The van der Waals surface area contributed by atoms with Gasteiger partial charge in [-0.15, -0.1) is 0 Å². The zero-order chi connectivity index (χ0) is 11.7. The summed E-state index contributed by atoms with van der Waals surface area (Å²) in [6.07, 6.45) is 0. The van der Waals surface area contributed by atoms with Gasteiger partial charge < -0.3 is 4.90 Å². The summed E-state index contributed by atoms with van der Waals surface area (Å²) in [6, 6.07) is 11.2. The molecule has 2 aromatic carbocycles. The fourth-order valence-electron chi connectivity index (χ4n) is 2.33. The van der Waals surface area contributed by atoms with E-state index in [9.17, 15) is 4.39 Å². The summed E-state index contributed by atoms with van der Waals surface area (Å²) in [5.74, 6) is 2.19. The molecule has 1 heterocycles. The van der Waals surface area contributed by atoms with Gasteiger partial charge in [-0.05, 0) is 12.1 Å². The monoisotopic (exact) mass is 247 g/mol. The van der Waals surface area contributed by atoms with Gasteiger partial charge in [-0.3, -0.25) is 0 Å². The highest BCUT2D eigenvalue weighted by molar-refractivity contribution is 7.99. The molecule has 1 aliphatic heterocycles. The Labute approximate surface area is 105 Å². The van der Waals surface area contributed by atoms with Gasteiger partial charge in [-0.25, -0.2) is 4.39 Å². The van der Waals surface area contributed by atoms with Crippen LogP contribution in [0.2, 0.25) is 0 Å². The minimum absolute atomic E-state index is 0.129. The number of anilines is 1. The average molecular weight is 247 g/mol. The zero-order valence-electron chi connectivity index (χ0n) is 9.53. The number of rotatable bonds is 1. The standard InChI is InChI=1S/C14H14FNS/c15-13-5-6-14(16-7-9-17-10-8-16)12-4-2-1-3-11(12)13/h1-6H,7-10H2. The van der Waals surface area contributed by atoms with Crippen molar-refractivity contribution in [1.29, 1.82) is 0 Å². The van der Waals surface area contributed by atoms with Crippen LogP contribution in [0.15, 0.2) is 36.4 Å². The lowest BCUT2D eigenvalue weighted by Crippen LogP contribution is -2.32. The van der Waals surface area contributed by atoms with Gasteiger partial charge in [-0.1, -0.05) is 24.3 Å². The van der Waals surface area contributed by atoms with E-state index in [-0.39, 0.29) is 5.82 Å². The molecule has 1 saturated heterocycles. The summed E-state index contributed by atoms with van der Waals surface area (Å²) in [5.41, 5.74) is 1.17. The lowest BCUT2D eigenvalue weighted by molar-refractivity contribution is 0.639. The van der Waals surface area contributed by atoms with Crippen molar-refractivity contribution in [2.45, 2.75) is 0 Å². The first-order chi connectivity index (χ1) is 8.36. The van der Waals surface area contributed by atoms with Crippen molar-refractivity contribution < 1.29 is 4.39 Å². The Morgan fingerprint density at radius 3 is 2.41 bits per heavy atom. The van der Waals surface area contributed by atoms with Crippen LogP contribution in [0.25, 0.3) is 10.8 Å². The molecule has 88 valence electrons. The molecule has 1 nitrogen and oxygen atoms in total. The van der Waals surface area contributed by atoms with Crippen LogP contribution < -0.4 is 4.90 Å². The highest BCUT2D eigenvalue weighted by Crippen LogP contribution is 2.30. The van der Waals surface area contributed by atoms with Gasteiger partial charge in [0.05, 0.1) is 0 Å². The molecular formula is C14H14FNS. The second-order valence-corrected chi connectivity index (χ2v) is 5.44. The number of benzene rings is 2. The van der Waals surface area contributed by atoms with Crippen molar-refractivity contribution >= 4 is 28.2 Å². The Bertz CT molecular complexity index is 535. The smallest absolute Gasteiger partial charge is 0.131 e. The quantitative estimate of drug-likeness (QED) is 0.758. The lowest BCUT2D eigenvalue weighted by atomic mass is 10.1. The number of nitrogens with zero attached hydrogens (tertiary/aromatic N) is 1. The Balaban J connectivity index is 2.12. The topological polar surface area (TPSA) is 3.24 Å². The van der Waals surface area contributed by atoms with Gasteiger partial charge in [0.1, 0.15) is 5.82 Å². The van der Waals surface area contributed by atoms with Gasteiger partial charge in [-0.2, -0.15) is 11.8 Å². The molecule has 3 heteroatoms. The molecule has 0 spiro atoms. The molecule has 0 amide bonds. The molecule has 0 N–H and O–H groups in total. The first-order valence-corrected chi connectivity index (χ1v) is 7.02. The van der Waals surface area contributed by atoms with Crippen LogP contribution in [-0.4, -0.2) is 24.6 Å². The molecule has 0 unspecified atom stereocenters. The molecule has 1 aliphatic rings. The van der Waals surface area contributed by atoms with Gasteiger partial charge >= 0.3 is 0 Å². The Hall–Kier alpha value is -1.22. The van der Waals surface area contributed by atoms with E-state index >= 15 is 0 Å². The van der Waals surface area contributed by atoms with E-state index < -0.39 is 0 Å². The third kappa shape index (κ3) is 2.00.